The van der Waals surface area contributed by atoms with Crippen molar-refractivity contribution in [2.45, 2.75) is 25.4 Å². The van der Waals surface area contributed by atoms with E-state index in [-0.39, 0.29) is 5.91 Å². The Hall–Kier alpha value is -1.55. The average Bonchev–Trinajstić information content (AvgIpc) is 2.38. The van der Waals surface area contributed by atoms with Crippen LogP contribution in [0.4, 0.5) is 0 Å². The van der Waals surface area contributed by atoms with Crippen LogP contribution in [0.3, 0.4) is 0 Å². The SMILES string of the molecule is COc1ccccc1C(=O)N1CCC(C)(O)CC1. The highest BCUT2D eigenvalue weighted by Gasteiger charge is 2.30. The van der Waals surface area contributed by atoms with Crippen molar-refractivity contribution < 1.29 is 14.6 Å². The van der Waals surface area contributed by atoms with Gasteiger partial charge in [0, 0.05) is 13.1 Å². The van der Waals surface area contributed by atoms with Gasteiger partial charge in [0.15, 0.2) is 0 Å². The third kappa shape index (κ3) is 2.64. The lowest BCUT2D eigenvalue weighted by Gasteiger charge is -2.35. The van der Waals surface area contributed by atoms with Crippen molar-refractivity contribution in [3.8, 4) is 5.75 Å². The van der Waals surface area contributed by atoms with E-state index in [0.717, 1.165) is 0 Å². The lowest BCUT2D eigenvalue weighted by atomic mass is 9.93. The van der Waals surface area contributed by atoms with E-state index >= 15 is 0 Å². The number of carbonyl (C=O) groups is 1. The standard InChI is InChI=1S/C14H19NO3/c1-14(17)7-9-15(10-8-14)13(16)11-5-3-4-6-12(11)18-2/h3-6,17H,7-10H2,1-2H3. The van der Waals surface area contributed by atoms with Crippen LogP contribution in [-0.2, 0) is 0 Å². The predicted molar refractivity (Wildman–Crippen MR) is 68.8 cm³/mol. The van der Waals surface area contributed by atoms with Gasteiger partial charge in [-0.05, 0) is 31.9 Å². The van der Waals surface area contributed by atoms with Crippen LogP contribution in [0, 0.1) is 0 Å². The Morgan fingerprint density at radius 2 is 1.94 bits per heavy atom. The second-order valence-electron chi connectivity index (χ2n) is 4.99. The van der Waals surface area contributed by atoms with Gasteiger partial charge in [-0.15, -0.1) is 0 Å². The predicted octanol–water partition coefficient (Wildman–Crippen LogP) is 1.68. The quantitative estimate of drug-likeness (QED) is 0.867. The molecule has 4 heteroatoms. The Bertz CT molecular complexity index is 432. The Kier molecular flexibility index (Phi) is 3.57. The van der Waals surface area contributed by atoms with Crippen molar-refractivity contribution in [2.75, 3.05) is 20.2 Å². The van der Waals surface area contributed by atoms with E-state index < -0.39 is 5.60 Å². The van der Waals surface area contributed by atoms with Crippen LogP contribution < -0.4 is 4.74 Å². The molecule has 1 saturated heterocycles. The van der Waals surface area contributed by atoms with Gasteiger partial charge >= 0.3 is 0 Å². The molecule has 1 heterocycles. The number of carbonyl (C=O) groups excluding carboxylic acids is 1. The first-order valence-electron chi connectivity index (χ1n) is 6.18. The summed E-state index contributed by atoms with van der Waals surface area (Å²) in [7, 11) is 1.56. The molecule has 0 aliphatic carbocycles. The molecule has 0 atom stereocenters. The number of para-hydroxylation sites is 1. The van der Waals surface area contributed by atoms with Crippen molar-refractivity contribution in [1.29, 1.82) is 0 Å². The number of amides is 1. The van der Waals surface area contributed by atoms with Crippen molar-refractivity contribution in [3.05, 3.63) is 29.8 Å². The van der Waals surface area contributed by atoms with E-state index in [1.165, 1.54) is 0 Å². The van der Waals surface area contributed by atoms with Gasteiger partial charge in [-0.3, -0.25) is 4.79 Å². The maximum absolute atomic E-state index is 12.4. The first-order chi connectivity index (χ1) is 8.53. The summed E-state index contributed by atoms with van der Waals surface area (Å²) in [4.78, 5) is 14.1. The molecule has 0 aromatic heterocycles. The highest BCUT2D eigenvalue weighted by molar-refractivity contribution is 5.97. The fourth-order valence-corrected chi connectivity index (χ4v) is 2.18. The second kappa shape index (κ2) is 4.98. The van der Waals surface area contributed by atoms with Gasteiger partial charge in [0.1, 0.15) is 5.75 Å². The number of ether oxygens (including phenoxy) is 1. The summed E-state index contributed by atoms with van der Waals surface area (Å²) in [6, 6.07) is 7.23. The third-order valence-corrected chi connectivity index (χ3v) is 3.47. The number of nitrogens with zero attached hydrogens (tertiary/aromatic N) is 1. The maximum Gasteiger partial charge on any atom is 0.257 e. The second-order valence-corrected chi connectivity index (χ2v) is 4.99. The summed E-state index contributed by atoms with van der Waals surface area (Å²) in [6.07, 6.45) is 1.24. The molecule has 98 valence electrons. The van der Waals surface area contributed by atoms with Gasteiger partial charge in [0.25, 0.3) is 5.91 Å². The minimum atomic E-state index is -0.641. The number of likely N-dealkylation sites (tertiary alicyclic amines) is 1. The van der Waals surface area contributed by atoms with Gasteiger partial charge in [0.05, 0.1) is 18.3 Å². The molecule has 1 aliphatic heterocycles. The molecule has 18 heavy (non-hydrogen) atoms. The van der Waals surface area contributed by atoms with E-state index in [0.29, 0.717) is 37.2 Å². The van der Waals surface area contributed by atoms with Crippen LogP contribution in [0.15, 0.2) is 24.3 Å². The zero-order valence-corrected chi connectivity index (χ0v) is 10.8. The van der Waals surface area contributed by atoms with Crippen molar-refractivity contribution in [2.24, 2.45) is 0 Å². The molecular weight excluding hydrogens is 230 g/mol. The Labute approximate surface area is 107 Å². The molecule has 0 spiro atoms. The van der Waals surface area contributed by atoms with Crippen LogP contribution in [0.1, 0.15) is 30.1 Å². The van der Waals surface area contributed by atoms with Crippen LogP contribution in [0.2, 0.25) is 0 Å². The minimum Gasteiger partial charge on any atom is -0.496 e. The first-order valence-corrected chi connectivity index (χ1v) is 6.18. The topological polar surface area (TPSA) is 49.8 Å². The molecule has 1 aliphatic rings. The van der Waals surface area contributed by atoms with Gasteiger partial charge in [-0.1, -0.05) is 12.1 Å². The lowest BCUT2D eigenvalue weighted by molar-refractivity contribution is -0.00208. The van der Waals surface area contributed by atoms with Gasteiger partial charge in [-0.2, -0.15) is 0 Å². The number of hydrogen-bond acceptors (Lipinski definition) is 3. The molecule has 1 fully saturated rings. The lowest BCUT2D eigenvalue weighted by Crippen LogP contribution is -2.45. The molecule has 0 saturated carbocycles. The van der Waals surface area contributed by atoms with Crippen molar-refractivity contribution in [3.63, 3.8) is 0 Å². The molecule has 4 nitrogen and oxygen atoms in total. The van der Waals surface area contributed by atoms with E-state index in [4.69, 9.17) is 4.74 Å². The van der Waals surface area contributed by atoms with Crippen molar-refractivity contribution in [1.82, 2.24) is 4.90 Å². The number of rotatable bonds is 2. The number of piperidine rings is 1. The maximum atomic E-state index is 12.4. The summed E-state index contributed by atoms with van der Waals surface area (Å²) in [5.74, 6) is 0.572. The van der Waals surface area contributed by atoms with E-state index in [1.54, 1.807) is 24.1 Å². The highest BCUT2D eigenvalue weighted by atomic mass is 16.5. The number of benzene rings is 1. The van der Waals surface area contributed by atoms with Crippen LogP contribution in [-0.4, -0.2) is 41.7 Å². The normalized spacial score (nSPS) is 18.5. The fraction of sp³-hybridized carbons (Fsp3) is 0.500. The summed E-state index contributed by atoms with van der Waals surface area (Å²) in [6.45, 7) is 2.99. The number of methoxy groups -OCH3 is 1. The molecule has 0 radical (unpaired) electrons. The highest BCUT2D eigenvalue weighted by Crippen LogP contribution is 2.25. The summed E-state index contributed by atoms with van der Waals surface area (Å²) in [5.41, 5.74) is -0.0566. The molecule has 0 unspecified atom stereocenters. The van der Waals surface area contributed by atoms with Crippen molar-refractivity contribution >= 4 is 5.91 Å². The van der Waals surface area contributed by atoms with Crippen LogP contribution in [0.25, 0.3) is 0 Å². The Balaban J connectivity index is 2.13. The van der Waals surface area contributed by atoms with Crippen LogP contribution in [0.5, 0.6) is 5.75 Å². The Morgan fingerprint density at radius 1 is 1.33 bits per heavy atom. The monoisotopic (exact) mass is 249 g/mol. The zero-order chi connectivity index (χ0) is 13.2. The van der Waals surface area contributed by atoms with Gasteiger partial charge in [0.2, 0.25) is 0 Å². The Morgan fingerprint density at radius 3 is 2.56 bits per heavy atom. The average molecular weight is 249 g/mol. The number of aliphatic hydroxyl groups is 1. The molecule has 2 rings (SSSR count). The molecule has 1 N–H and O–H groups in total. The largest absolute Gasteiger partial charge is 0.496 e. The molecule has 1 amide bonds. The van der Waals surface area contributed by atoms with Crippen LogP contribution >= 0.6 is 0 Å². The smallest absolute Gasteiger partial charge is 0.257 e. The van der Waals surface area contributed by atoms with E-state index in [1.807, 2.05) is 19.1 Å². The summed E-state index contributed by atoms with van der Waals surface area (Å²) < 4.78 is 5.20. The third-order valence-electron chi connectivity index (χ3n) is 3.47. The van der Waals surface area contributed by atoms with Gasteiger partial charge in [-0.25, -0.2) is 0 Å². The summed E-state index contributed by atoms with van der Waals surface area (Å²) in [5, 5.41) is 9.88. The van der Waals surface area contributed by atoms with E-state index in [2.05, 4.69) is 0 Å². The molecular formula is C14H19NO3. The molecule has 1 aromatic rings. The minimum absolute atomic E-state index is 0.0250. The molecule has 1 aromatic carbocycles. The molecule has 0 bridgehead atoms. The van der Waals surface area contributed by atoms with Gasteiger partial charge < -0.3 is 14.7 Å². The number of hydrogen-bond donors (Lipinski definition) is 1. The van der Waals surface area contributed by atoms with E-state index in [9.17, 15) is 9.90 Å². The fourth-order valence-electron chi connectivity index (χ4n) is 2.18. The summed E-state index contributed by atoms with van der Waals surface area (Å²) >= 11 is 0. The zero-order valence-electron chi connectivity index (χ0n) is 10.8. The first kappa shape index (κ1) is 12.9.